The molecule has 312 valence electrons. The van der Waals surface area contributed by atoms with Crippen molar-refractivity contribution in [2.45, 2.75) is 25.9 Å². The summed E-state index contributed by atoms with van der Waals surface area (Å²) in [5.74, 6) is -2.82. The third kappa shape index (κ3) is 11.1. The predicted octanol–water partition coefficient (Wildman–Crippen LogP) is -10.0. The van der Waals surface area contributed by atoms with Gasteiger partial charge in [-0.3, -0.25) is 14.4 Å². The molecule has 15 heteroatoms. The number of carbonyl (C=O) groups excluding carboxylic acids is 3. The van der Waals surface area contributed by atoms with Gasteiger partial charge < -0.3 is 88.9 Å². The zero-order valence-electron chi connectivity index (χ0n) is 32.4. The average Bonchev–Trinajstić information content (AvgIpc) is 3.14. The molecule has 6 heterocycles. The molecule has 6 fully saturated rings. The number of primary amides is 2. The molecule has 0 aromatic heterocycles. The van der Waals surface area contributed by atoms with Crippen LogP contribution in [-0.2, 0) is 45.1 Å². The monoisotopic (exact) mass is 864 g/mol. The molecule has 3 aromatic rings. The maximum atomic E-state index is 12.4. The Morgan fingerprint density at radius 1 is 0.544 bits per heavy atom. The summed E-state index contributed by atoms with van der Waals surface area (Å²) in [7, 11) is 0. The Balaban J connectivity index is 0.00000218. The number of halogens is 4. The quantitative estimate of drug-likeness (QED) is 0.0971. The molecular formula is C42H56Cl4N6O5. The number of amides is 2. The molecular weight excluding hydrogens is 810 g/mol. The van der Waals surface area contributed by atoms with Gasteiger partial charge in [0.25, 0.3) is 11.8 Å². The molecule has 2 amide bonds. The fourth-order valence-electron chi connectivity index (χ4n) is 10.1. The van der Waals surface area contributed by atoms with Crippen molar-refractivity contribution in [3.63, 3.8) is 0 Å². The highest BCUT2D eigenvalue weighted by molar-refractivity contribution is 5.76. The summed E-state index contributed by atoms with van der Waals surface area (Å²) in [5.41, 5.74) is 18.0. The van der Waals surface area contributed by atoms with Gasteiger partial charge in [0.1, 0.15) is 97.9 Å². The first-order valence-corrected chi connectivity index (χ1v) is 19.3. The van der Waals surface area contributed by atoms with Gasteiger partial charge in [0, 0.05) is 17.0 Å². The number of aliphatic carboxylic acids is 1. The van der Waals surface area contributed by atoms with Gasteiger partial charge in [-0.1, -0.05) is 54.6 Å². The standard InChI is InChI=1S/C42H53N6O5.4ClH/c43-40(50)29-47-16-10-45(11-17-47,12-18-47)27-34-22-35(28-46-13-19-48(20-14-46,21-15-46)30-41(44)51)25-37(24-34)36-8-6-33(7-9-36)26-39(42(52)53)38(31-49)23-32-4-2-1-3-5-32;;;;/h1-9,22,24-25,31,38-39H,10-21,23,26-30H2,(H2-3,43,44,50,51,52,53);4*1H/q+1;;;;/p-1/t38-,39+,45?,46?,47?,48?;;;;/m1..../s1. The lowest BCUT2D eigenvalue weighted by Crippen LogP contribution is -3.00. The van der Waals surface area contributed by atoms with E-state index in [-0.39, 0.29) is 67.9 Å². The van der Waals surface area contributed by atoms with Crippen LogP contribution in [-0.4, -0.2) is 139 Å². The van der Waals surface area contributed by atoms with Crippen LogP contribution in [0.2, 0.25) is 0 Å². The van der Waals surface area contributed by atoms with Crippen LogP contribution in [0.25, 0.3) is 11.1 Å². The summed E-state index contributed by atoms with van der Waals surface area (Å²) in [6.45, 7) is 14.9. The van der Waals surface area contributed by atoms with Gasteiger partial charge in [-0.2, -0.15) is 0 Å². The number of carboxylic acid groups (broad SMARTS) is 1. The van der Waals surface area contributed by atoms with E-state index in [1.54, 1.807) is 0 Å². The third-order valence-corrected chi connectivity index (χ3v) is 13.4. The number of nitrogens with two attached hydrogens (primary N) is 2. The van der Waals surface area contributed by atoms with E-state index in [2.05, 4.69) is 30.3 Å². The van der Waals surface area contributed by atoms with Gasteiger partial charge in [-0.15, -0.1) is 0 Å². The minimum Gasteiger partial charge on any atom is -1.00 e. The summed E-state index contributed by atoms with van der Waals surface area (Å²) in [6, 6.07) is 24.9. The van der Waals surface area contributed by atoms with Crippen LogP contribution < -0.4 is 61.1 Å². The van der Waals surface area contributed by atoms with Crippen LogP contribution in [0.4, 0.5) is 0 Å². The van der Waals surface area contributed by atoms with Crippen molar-refractivity contribution in [1.29, 1.82) is 0 Å². The summed E-state index contributed by atoms with van der Waals surface area (Å²) in [4.78, 5) is 48.3. The molecule has 3 aromatic carbocycles. The van der Waals surface area contributed by atoms with Crippen molar-refractivity contribution in [2.24, 2.45) is 23.3 Å². The molecule has 0 saturated carbocycles. The lowest BCUT2D eigenvalue weighted by Gasteiger charge is -2.55. The molecule has 0 aliphatic carbocycles. The molecule has 9 rings (SSSR count). The van der Waals surface area contributed by atoms with Gasteiger partial charge in [0.05, 0.1) is 5.92 Å². The van der Waals surface area contributed by atoms with Crippen LogP contribution in [0.1, 0.15) is 22.3 Å². The number of rotatable bonds is 16. The Kier molecular flexibility index (Phi) is 16.6. The normalized spacial score (nSPS) is 26.6. The van der Waals surface area contributed by atoms with E-state index < -0.39 is 17.8 Å². The molecule has 2 atom stereocenters. The summed E-state index contributed by atoms with van der Waals surface area (Å²) >= 11 is 0. The molecule has 0 radical (unpaired) electrons. The zero-order valence-corrected chi connectivity index (χ0v) is 35.4. The number of benzene rings is 3. The van der Waals surface area contributed by atoms with Crippen LogP contribution in [0.3, 0.4) is 0 Å². The highest BCUT2D eigenvalue weighted by Crippen LogP contribution is 2.34. The van der Waals surface area contributed by atoms with Gasteiger partial charge in [0.15, 0.2) is 13.1 Å². The summed E-state index contributed by atoms with van der Waals surface area (Å²) < 4.78 is 3.72. The van der Waals surface area contributed by atoms with Crippen LogP contribution >= 0.6 is 0 Å². The number of carbonyl (C=O) groups is 4. The number of piperazine rings is 6. The fourth-order valence-corrected chi connectivity index (χ4v) is 10.1. The number of hydrogen-bond donors (Lipinski definition) is 3. The second-order valence-electron chi connectivity index (χ2n) is 17.0. The SMILES string of the molecule is NC(=O)C[N+]12CC[N+](Cc3cc(C[N+]45CC[N+](CC(N)=O)(CC4)CC5)cc(-c4ccc(C[C@H](C(=O)O)[C@@H](C=O)Cc5ccccc5)cc4)c3)(CC1)CC2.[Cl-].[Cl-].[Cl-].[Cl-]. The Morgan fingerprint density at radius 2 is 0.947 bits per heavy atom. The highest BCUT2D eigenvalue weighted by atomic mass is 35.5. The van der Waals surface area contributed by atoms with Crippen LogP contribution in [0.15, 0.2) is 72.8 Å². The van der Waals surface area contributed by atoms with Crippen molar-refractivity contribution >= 4 is 24.1 Å². The van der Waals surface area contributed by atoms with Gasteiger partial charge in [-0.25, -0.2) is 0 Å². The summed E-state index contributed by atoms with van der Waals surface area (Å²) in [5, 5.41) is 10.2. The Labute approximate surface area is 361 Å². The first-order valence-electron chi connectivity index (χ1n) is 19.3. The van der Waals surface area contributed by atoms with Crippen molar-refractivity contribution in [2.75, 3.05) is 91.6 Å². The van der Waals surface area contributed by atoms with E-state index in [0.717, 1.165) is 138 Å². The number of nitrogens with zero attached hydrogens (tertiary/aromatic N) is 4. The molecule has 5 N–H and O–H groups in total. The lowest BCUT2D eigenvalue weighted by molar-refractivity contribution is -1.08. The van der Waals surface area contributed by atoms with E-state index in [1.165, 1.54) is 11.1 Å². The minimum atomic E-state index is -0.957. The van der Waals surface area contributed by atoms with Gasteiger partial charge in [-0.05, 0) is 53.3 Å². The second-order valence-corrected chi connectivity index (χ2v) is 17.0. The van der Waals surface area contributed by atoms with Crippen LogP contribution in [0, 0.1) is 11.8 Å². The first kappa shape index (κ1) is 48.1. The zero-order chi connectivity index (χ0) is 37.3. The average molecular weight is 867 g/mol. The van der Waals surface area contributed by atoms with E-state index in [0.29, 0.717) is 19.5 Å². The van der Waals surface area contributed by atoms with Gasteiger partial charge in [0.2, 0.25) is 0 Å². The van der Waals surface area contributed by atoms with E-state index in [9.17, 15) is 24.3 Å². The molecule has 4 bridgehead atoms. The van der Waals surface area contributed by atoms with E-state index in [1.807, 2.05) is 42.5 Å². The van der Waals surface area contributed by atoms with E-state index in [4.69, 9.17) is 11.5 Å². The maximum absolute atomic E-state index is 12.4. The second kappa shape index (κ2) is 19.7. The number of hydrogen-bond acceptors (Lipinski definition) is 4. The Hall–Kier alpha value is -3.26. The van der Waals surface area contributed by atoms with Crippen LogP contribution in [0.5, 0.6) is 0 Å². The van der Waals surface area contributed by atoms with E-state index >= 15 is 0 Å². The molecule has 11 nitrogen and oxygen atoms in total. The smallest absolute Gasteiger partial charge is 0.307 e. The highest BCUT2D eigenvalue weighted by Gasteiger charge is 2.51. The Bertz CT molecular complexity index is 1750. The predicted molar refractivity (Wildman–Crippen MR) is 201 cm³/mol. The largest absolute Gasteiger partial charge is 1.00 e. The molecule has 57 heavy (non-hydrogen) atoms. The molecule has 6 saturated heterocycles. The lowest BCUT2D eigenvalue weighted by atomic mass is 9.83. The third-order valence-electron chi connectivity index (χ3n) is 13.4. The van der Waals surface area contributed by atoms with Gasteiger partial charge >= 0.3 is 5.97 Å². The summed E-state index contributed by atoms with van der Waals surface area (Å²) in [6.07, 6.45) is 1.47. The Morgan fingerprint density at radius 3 is 1.33 bits per heavy atom. The molecule has 6 aliphatic rings. The maximum Gasteiger partial charge on any atom is 0.307 e. The topological polar surface area (TPSA) is 141 Å². The number of quaternary nitrogens is 4. The number of aldehydes is 1. The minimum absolute atomic E-state index is 0. The number of fused-ring (bicyclic) bond motifs is 6. The molecule has 0 spiro atoms. The van der Waals surface area contributed by atoms with Crippen molar-refractivity contribution in [1.82, 2.24) is 0 Å². The van der Waals surface area contributed by atoms with Crippen molar-refractivity contribution < 1.29 is 91.8 Å². The van der Waals surface area contributed by atoms with Crippen molar-refractivity contribution in [3.05, 3.63) is 95.1 Å². The molecule has 0 unspecified atom stereocenters. The number of carboxylic acids is 1. The molecule has 6 aliphatic heterocycles. The fraction of sp³-hybridized carbons (Fsp3) is 0.476. The first-order chi connectivity index (χ1) is 25.4. The van der Waals surface area contributed by atoms with Crippen molar-refractivity contribution in [3.8, 4) is 11.1 Å².